The highest BCUT2D eigenvalue weighted by atomic mass is 35.5. The highest BCUT2D eigenvalue weighted by Gasteiger charge is 2.04. The molecule has 0 aliphatic carbocycles. The summed E-state index contributed by atoms with van der Waals surface area (Å²) in [7, 11) is 0. The summed E-state index contributed by atoms with van der Waals surface area (Å²) in [4.78, 5) is 13.1. The van der Waals surface area contributed by atoms with E-state index in [9.17, 15) is 10.1 Å². The van der Waals surface area contributed by atoms with Crippen LogP contribution in [0.2, 0.25) is 5.02 Å². The molecule has 0 radical (unpaired) electrons. The number of nitrogens with zero attached hydrogens (tertiary/aromatic N) is 2. The zero-order valence-electron chi connectivity index (χ0n) is 5.15. The van der Waals surface area contributed by atoms with E-state index in [-0.39, 0.29) is 15.7 Å². The van der Waals surface area contributed by atoms with Gasteiger partial charge in [0, 0.05) is 11.1 Å². The lowest BCUT2D eigenvalue weighted by molar-refractivity contribution is -0.385. The maximum absolute atomic E-state index is 10.1. The molecule has 4 nitrogen and oxygen atoms in total. The lowest BCUT2D eigenvalue weighted by atomic mass is 10.4. The molecule has 1 rings (SSSR count). The van der Waals surface area contributed by atoms with Crippen LogP contribution in [0.25, 0.3) is 0 Å². The van der Waals surface area contributed by atoms with Gasteiger partial charge in [0.05, 0.1) is 4.92 Å². The van der Waals surface area contributed by atoms with Gasteiger partial charge in [-0.1, -0.05) is 16.6 Å². The first-order valence-electron chi connectivity index (χ1n) is 2.58. The average molecular weight is 190 g/mol. The first-order chi connectivity index (χ1) is 5.11. The summed E-state index contributed by atoms with van der Waals surface area (Å²) in [6, 6.07) is 1.18. The van der Waals surface area contributed by atoms with Crippen molar-refractivity contribution in [3.8, 4) is 0 Å². The lowest BCUT2D eigenvalue weighted by Crippen LogP contribution is -1.90. The molecule has 0 fully saturated rings. The van der Waals surface area contributed by atoms with E-state index in [4.69, 9.17) is 11.6 Å². The van der Waals surface area contributed by atoms with Crippen LogP contribution in [0.4, 0.5) is 5.69 Å². The van der Waals surface area contributed by atoms with Crippen LogP contribution in [0.1, 0.15) is 0 Å². The number of pyridine rings is 1. The molecule has 0 bridgehead atoms. The van der Waals surface area contributed by atoms with Gasteiger partial charge in [-0.25, -0.2) is 0 Å². The number of hydrogen-bond acceptors (Lipinski definition) is 4. The molecule has 0 saturated heterocycles. The fourth-order valence-electron chi connectivity index (χ4n) is 0.515. The number of aromatic nitrogens is 1. The minimum Gasteiger partial charge on any atom is -0.759 e. The van der Waals surface area contributed by atoms with Crippen molar-refractivity contribution in [2.45, 2.75) is 5.03 Å². The van der Waals surface area contributed by atoms with E-state index >= 15 is 0 Å². The van der Waals surface area contributed by atoms with Crippen molar-refractivity contribution in [3.05, 3.63) is 27.4 Å². The molecule has 0 aliphatic heterocycles. The minimum atomic E-state index is -0.576. The van der Waals surface area contributed by atoms with Gasteiger partial charge in [0.1, 0.15) is 6.20 Å². The molecule has 58 valence electrons. The van der Waals surface area contributed by atoms with E-state index in [0.29, 0.717) is 0 Å². The van der Waals surface area contributed by atoms with Gasteiger partial charge < -0.3 is 12.6 Å². The van der Waals surface area contributed by atoms with Gasteiger partial charge in [0.15, 0.2) is 0 Å². The first-order valence-corrected chi connectivity index (χ1v) is 3.37. The second-order valence-corrected chi connectivity index (χ2v) is 2.53. The maximum atomic E-state index is 10.1. The van der Waals surface area contributed by atoms with Crippen molar-refractivity contribution in [1.29, 1.82) is 0 Å². The van der Waals surface area contributed by atoms with E-state index in [1.54, 1.807) is 0 Å². The van der Waals surface area contributed by atoms with Crippen molar-refractivity contribution in [2.24, 2.45) is 0 Å². The summed E-state index contributed by atoms with van der Waals surface area (Å²) < 4.78 is 0. The summed E-state index contributed by atoms with van der Waals surface area (Å²) in [6.07, 6.45) is 1.08. The molecule has 11 heavy (non-hydrogen) atoms. The maximum Gasteiger partial charge on any atom is 0.288 e. The molecule has 0 saturated carbocycles. The highest BCUT2D eigenvalue weighted by Crippen LogP contribution is 2.18. The third-order valence-corrected chi connectivity index (χ3v) is 1.73. The first kappa shape index (κ1) is 8.16. The Morgan fingerprint density at radius 3 is 2.82 bits per heavy atom. The van der Waals surface area contributed by atoms with Crippen molar-refractivity contribution < 1.29 is 4.92 Å². The molecule has 1 heterocycles. The van der Waals surface area contributed by atoms with Gasteiger partial charge >= 0.3 is 0 Å². The third-order valence-electron chi connectivity index (χ3n) is 1.00. The number of halogens is 1. The van der Waals surface area contributed by atoms with Gasteiger partial charge in [-0.05, 0) is 0 Å². The monoisotopic (exact) mass is 189 g/mol. The van der Waals surface area contributed by atoms with Crippen LogP contribution in [0.15, 0.2) is 17.3 Å². The van der Waals surface area contributed by atoms with E-state index in [2.05, 4.69) is 17.6 Å². The van der Waals surface area contributed by atoms with Crippen LogP contribution in [0.5, 0.6) is 0 Å². The van der Waals surface area contributed by atoms with Gasteiger partial charge in [-0.15, -0.1) is 0 Å². The smallest absolute Gasteiger partial charge is 0.288 e. The number of hydrogen-bond donors (Lipinski definition) is 0. The van der Waals surface area contributed by atoms with E-state index < -0.39 is 4.92 Å². The Labute approximate surface area is 72.8 Å². The Morgan fingerprint density at radius 2 is 2.36 bits per heavy atom. The van der Waals surface area contributed by atoms with E-state index in [1.165, 1.54) is 6.07 Å². The Morgan fingerprint density at radius 1 is 1.73 bits per heavy atom. The van der Waals surface area contributed by atoms with Crippen LogP contribution < -0.4 is 0 Å². The Hall–Kier alpha value is -0.940. The third kappa shape index (κ3) is 1.75. The number of rotatable bonds is 1. The Balaban J connectivity index is 3.15. The van der Waals surface area contributed by atoms with Crippen molar-refractivity contribution in [1.82, 2.24) is 4.98 Å². The van der Waals surface area contributed by atoms with Crippen LogP contribution in [0, 0.1) is 10.1 Å². The molecule has 0 aromatic carbocycles. The lowest BCUT2D eigenvalue weighted by Gasteiger charge is -2.04. The van der Waals surface area contributed by atoms with Gasteiger partial charge in [0.25, 0.3) is 5.69 Å². The van der Waals surface area contributed by atoms with Crippen LogP contribution in [0.3, 0.4) is 0 Å². The second kappa shape index (κ2) is 2.98. The van der Waals surface area contributed by atoms with E-state index in [1.807, 2.05) is 0 Å². The summed E-state index contributed by atoms with van der Waals surface area (Å²) in [5.41, 5.74) is -0.149. The summed E-state index contributed by atoms with van der Waals surface area (Å²) >= 11 is 10.1. The second-order valence-electron chi connectivity index (χ2n) is 1.74. The Kier molecular flexibility index (Phi) is 2.21. The van der Waals surface area contributed by atoms with Gasteiger partial charge in [-0.3, -0.25) is 15.1 Å². The van der Waals surface area contributed by atoms with Crippen LogP contribution in [-0.4, -0.2) is 9.91 Å². The SMILES string of the molecule is O=[N+]([O-])c1cnc([S-])c(Cl)c1. The van der Waals surface area contributed by atoms with Crippen molar-refractivity contribution >= 4 is 29.9 Å². The van der Waals surface area contributed by atoms with Gasteiger partial charge in [0.2, 0.25) is 0 Å². The molecular formula is C5H2ClN2O2S-. The zero-order valence-corrected chi connectivity index (χ0v) is 6.72. The molecule has 1 aromatic heterocycles. The van der Waals surface area contributed by atoms with Crippen LogP contribution in [-0.2, 0) is 12.6 Å². The molecule has 6 heteroatoms. The summed E-state index contributed by atoms with van der Waals surface area (Å²) in [6.45, 7) is 0. The summed E-state index contributed by atoms with van der Waals surface area (Å²) in [5.74, 6) is 0. The average Bonchev–Trinajstić information content (AvgIpc) is 1.94. The van der Waals surface area contributed by atoms with Crippen molar-refractivity contribution in [2.75, 3.05) is 0 Å². The summed E-state index contributed by atoms with van der Waals surface area (Å²) in [5, 5.41) is 10.4. The van der Waals surface area contributed by atoms with Gasteiger partial charge in [-0.2, -0.15) is 0 Å². The van der Waals surface area contributed by atoms with Crippen LogP contribution >= 0.6 is 11.6 Å². The molecule has 0 amide bonds. The zero-order chi connectivity index (χ0) is 8.43. The van der Waals surface area contributed by atoms with Crippen molar-refractivity contribution in [3.63, 3.8) is 0 Å². The topological polar surface area (TPSA) is 56.0 Å². The molecule has 1 aromatic rings. The molecule has 0 spiro atoms. The molecular weight excluding hydrogens is 188 g/mol. The highest BCUT2D eigenvalue weighted by molar-refractivity contribution is 7.58. The Bertz CT molecular complexity index is 305. The molecule has 0 N–H and O–H groups in total. The fourth-order valence-corrected chi connectivity index (χ4v) is 0.787. The molecule has 0 aliphatic rings. The standard InChI is InChI=1S/C5H3ClN2O2S/c6-4-1-3(8(9)10)2-7-5(4)11/h1-2H,(H,7,11)/p-1. The van der Waals surface area contributed by atoms with E-state index in [0.717, 1.165) is 6.20 Å². The predicted octanol–water partition coefficient (Wildman–Crippen LogP) is 1.55. The number of nitro groups is 1. The normalized spacial score (nSPS) is 9.55. The predicted molar refractivity (Wildman–Crippen MR) is 41.5 cm³/mol. The molecule has 0 atom stereocenters. The fraction of sp³-hybridized carbons (Fsp3) is 0. The quantitative estimate of drug-likeness (QED) is 0.382. The largest absolute Gasteiger partial charge is 0.759 e. The molecule has 0 unspecified atom stereocenters. The minimum absolute atomic E-state index is 0.134.